The highest BCUT2D eigenvalue weighted by atomic mass is 31.3. The van der Waals surface area contributed by atoms with Gasteiger partial charge in [0, 0.05) is 0 Å². The Morgan fingerprint density at radius 2 is 1.74 bits per heavy atom. The van der Waals surface area contributed by atoms with Crippen molar-refractivity contribution in [2.24, 2.45) is 0 Å². The number of nitrogens with two attached hydrogens (primary N) is 1. The summed E-state index contributed by atoms with van der Waals surface area (Å²) in [4.78, 5) is 59.0. The largest absolute Gasteiger partial charge is 0.844 e. The normalized spacial score (nSPS) is 23.3. The number of benzene rings is 1. The summed E-state index contributed by atoms with van der Waals surface area (Å²) in [5.74, 6) is -0.219. The lowest BCUT2D eigenvalue weighted by Gasteiger charge is -2.32. The van der Waals surface area contributed by atoms with Crippen LogP contribution in [-0.4, -0.2) is 110 Å². The van der Waals surface area contributed by atoms with E-state index in [1.807, 2.05) is 0 Å². The van der Waals surface area contributed by atoms with Crippen LogP contribution in [-0.2, 0) is 33.8 Å². The molecule has 6 rings (SSSR count). The zero-order valence-electron chi connectivity index (χ0n) is 27.4. The minimum absolute atomic E-state index is 0.0698. The van der Waals surface area contributed by atoms with E-state index in [0.29, 0.717) is 0 Å². The topological polar surface area (TPSA) is 374 Å². The quantitative estimate of drug-likeness (QED) is 0.0336. The molecule has 3 aromatic rings. The van der Waals surface area contributed by atoms with E-state index in [9.17, 15) is 54.4 Å². The van der Waals surface area contributed by atoms with Gasteiger partial charge in [0.1, 0.15) is 36.6 Å². The van der Waals surface area contributed by atoms with Crippen LogP contribution in [0.3, 0.4) is 0 Å². The standard InChI is InChI=1S/C27H33N9O15P2/c1-10-3-12-13(4-11(10)2)35(24-18(32-12)25(42)34-27(43)33-24)5-14(37)19(39)15(38)6-48-52(44,45)51-53(46,47)49-7-16-20(40)21(41)26(50-16)36-9-31-17-22(28)29-8-30-23(17)36/h3-4,8-9,14-16,19-21,26,37-41H,5-7H2,1-2H3,(H5,28,29,30,34,42,43,44,45,46,47)/p-2/t14-,15+,16+,19-,20+,21+,26+/m0/s1. The fraction of sp³-hybridized carbons (Fsp3) is 0.444. The van der Waals surface area contributed by atoms with E-state index in [1.165, 1.54) is 15.5 Å². The Bertz CT molecular complexity index is 2290. The number of hydrogen-bond donors (Lipinski definition) is 7. The molecule has 0 spiro atoms. The molecule has 3 aliphatic rings. The Morgan fingerprint density at radius 1 is 1.04 bits per heavy atom. The number of phosphoric ester groups is 2. The highest BCUT2D eigenvalue weighted by Gasteiger charge is 2.47. The Kier molecular flexibility index (Phi) is 10.6. The van der Waals surface area contributed by atoms with Crippen LogP contribution < -0.4 is 30.8 Å². The van der Waals surface area contributed by atoms with Gasteiger partial charge in [-0.25, -0.2) is 23.8 Å². The first-order valence-corrected chi connectivity index (χ1v) is 18.3. The van der Waals surface area contributed by atoms with E-state index < -0.39 is 89.8 Å². The molecule has 1 saturated heterocycles. The number of ether oxygens (including phenoxy) is 1. The number of nitrogen functional groups attached to an aromatic ring is 1. The van der Waals surface area contributed by atoms with Crippen LogP contribution in [0.15, 0.2) is 29.6 Å². The fourth-order valence-electron chi connectivity index (χ4n) is 5.56. The number of aliphatic hydroxyl groups is 5. The van der Waals surface area contributed by atoms with Crippen molar-refractivity contribution in [1.29, 1.82) is 0 Å². The molecule has 3 aliphatic heterocycles. The first kappa shape index (κ1) is 38.6. The van der Waals surface area contributed by atoms with E-state index >= 15 is 0 Å². The number of nitrogens with zero attached hydrogens (tertiary/aromatic N) is 7. The van der Waals surface area contributed by atoms with Crippen molar-refractivity contribution in [3.8, 4) is 17.5 Å². The minimum Gasteiger partial charge on any atom is -0.844 e. The molecule has 5 heterocycles. The fourth-order valence-corrected chi connectivity index (χ4v) is 7.58. The van der Waals surface area contributed by atoms with Crippen molar-refractivity contribution in [3.63, 3.8) is 0 Å². The van der Waals surface area contributed by atoms with E-state index in [1.54, 1.807) is 26.0 Å². The monoisotopic (exact) mass is 783 g/mol. The number of hydrogen-bond acceptors (Lipinski definition) is 21. The van der Waals surface area contributed by atoms with Gasteiger partial charge in [-0.3, -0.25) is 18.9 Å². The molecule has 0 saturated carbocycles. The first-order valence-electron chi connectivity index (χ1n) is 15.4. The molecule has 0 radical (unpaired) electrons. The van der Waals surface area contributed by atoms with Crippen LogP contribution >= 0.6 is 15.6 Å². The maximum atomic E-state index is 12.4. The summed E-state index contributed by atoms with van der Waals surface area (Å²) in [6.07, 6.45) is -10.1. The molecular formula is C27H31N9O15P2-2. The lowest BCUT2D eigenvalue weighted by atomic mass is 10.1. The second-order valence-corrected chi connectivity index (χ2v) is 15.0. The smallest absolute Gasteiger partial charge is 0.309 e. The molecule has 53 heavy (non-hydrogen) atoms. The van der Waals surface area contributed by atoms with Crippen molar-refractivity contribution >= 4 is 43.7 Å². The van der Waals surface area contributed by atoms with Crippen LogP contribution in [0.25, 0.3) is 33.7 Å². The number of imidazole rings is 1. The van der Waals surface area contributed by atoms with Crippen LogP contribution in [0, 0.1) is 13.8 Å². The van der Waals surface area contributed by atoms with Gasteiger partial charge in [0.25, 0.3) is 21.2 Å². The number of rotatable bonds is 13. The van der Waals surface area contributed by atoms with E-state index in [0.717, 1.165) is 17.5 Å². The highest BCUT2D eigenvalue weighted by molar-refractivity contribution is 7.59. The average molecular weight is 784 g/mol. The molecule has 2 unspecified atom stereocenters. The van der Waals surface area contributed by atoms with Crippen molar-refractivity contribution < 1.29 is 72.2 Å². The molecule has 26 heteroatoms. The third-order valence-electron chi connectivity index (χ3n) is 8.40. The van der Waals surface area contributed by atoms with Gasteiger partial charge in [0.05, 0.1) is 36.8 Å². The van der Waals surface area contributed by atoms with Crippen molar-refractivity contribution in [2.45, 2.75) is 63.2 Å². The Morgan fingerprint density at radius 3 is 2.47 bits per heavy atom. The maximum Gasteiger partial charge on any atom is 0.309 e. The van der Waals surface area contributed by atoms with Gasteiger partial charge in [-0.1, -0.05) is 4.98 Å². The van der Waals surface area contributed by atoms with Crippen LogP contribution in [0.5, 0.6) is 6.01 Å². The lowest BCUT2D eigenvalue weighted by Crippen LogP contribution is -2.45. The van der Waals surface area contributed by atoms with Gasteiger partial charge in [0.2, 0.25) is 11.7 Å². The second-order valence-electron chi connectivity index (χ2n) is 12.0. The highest BCUT2D eigenvalue weighted by Crippen LogP contribution is 2.55. The Hall–Kier alpha value is -4.13. The van der Waals surface area contributed by atoms with Crippen LogP contribution in [0.2, 0.25) is 0 Å². The third-order valence-corrected chi connectivity index (χ3v) is 10.9. The minimum atomic E-state index is -5.85. The number of H-pyrrole nitrogens is 1. The SMILES string of the molecule is Cc1cc2nc3c(=O)nc([O-])nc-3n(C[C@H](O)[C@H](O)[C@H](O)COP(=O)([O-])OP(=O)([O-])OC[C@H]3O[C@@H]([n+]4c[nH]c5c(N)ncnc54)[C@H](O)[C@@H]3O)c2cc1C. The molecule has 9 atom stereocenters. The van der Waals surface area contributed by atoms with E-state index in [-0.39, 0.29) is 39.5 Å². The summed E-state index contributed by atoms with van der Waals surface area (Å²) in [7, 11) is -11.6. The summed E-state index contributed by atoms with van der Waals surface area (Å²) < 4.78 is 45.7. The molecule has 286 valence electrons. The predicted octanol–water partition coefficient (Wildman–Crippen LogP) is -4.49. The summed E-state index contributed by atoms with van der Waals surface area (Å²) in [6.45, 7) is 0.552. The average Bonchev–Trinajstić information content (AvgIpc) is 3.63. The van der Waals surface area contributed by atoms with Gasteiger partial charge in [-0.2, -0.15) is 4.98 Å². The van der Waals surface area contributed by atoms with Gasteiger partial charge < -0.3 is 64.5 Å². The van der Waals surface area contributed by atoms with E-state index in [4.69, 9.17) is 10.5 Å². The maximum absolute atomic E-state index is 12.4. The molecule has 0 bridgehead atoms. The zero-order chi connectivity index (χ0) is 38.6. The van der Waals surface area contributed by atoms with Crippen molar-refractivity contribution in [2.75, 3.05) is 18.9 Å². The third kappa shape index (κ3) is 7.91. The molecular weight excluding hydrogens is 752 g/mol. The second kappa shape index (κ2) is 14.6. The molecule has 24 nitrogen and oxygen atoms in total. The number of aromatic amines is 1. The first-order chi connectivity index (χ1) is 24.9. The van der Waals surface area contributed by atoms with Crippen LogP contribution in [0.1, 0.15) is 17.4 Å². The molecule has 8 N–H and O–H groups in total. The number of aliphatic hydroxyl groups excluding tert-OH is 5. The lowest BCUT2D eigenvalue weighted by molar-refractivity contribution is -0.745. The molecule has 1 aromatic carbocycles. The molecule has 2 aromatic heterocycles. The van der Waals surface area contributed by atoms with Gasteiger partial charge >= 0.3 is 5.65 Å². The summed E-state index contributed by atoms with van der Waals surface area (Å²) in [5, 5.41) is 64.9. The van der Waals surface area contributed by atoms with Gasteiger partial charge in [0.15, 0.2) is 30.0 Å². The summed E-state index contributed by atoms with van der Waals surface area (Å²) in [5.41, 5.74) is 6.97. The van der Waals surface area contributed by atoms with Crippen molar-refractivity contribution in [3.05, 3.63) is 46.3 Å². The number of anilines is 1. The molecule has 1 fully saturated rings. The Labute approximate surface area is 296 Å². The van der Waals surface area contributed by atoms with Gasteiger partial charge in [-0.05, 0) is 37.1 Å². The number of nitrogens with one attached hydrogen (secondary N) is 1. The van der Waals surface area contributed by atoms with E-state index in [2.05, 4.69) is 43.3 Å². The zero-order valence-corrected chi connectivity index (χ0v) is 29.2. The molecule has 0 amide bonds. The number of aromatic nitrogens is 8. The number of aryl methyl sites for hydroxylation is 2. The summed E-state index contributed by atoms with van der Waals surface area (Å²) >= 11 is 0. The van der Waals surface area contributed by atoms with Crippen molar-refractivity contribution in [1.82, 2.24) is 34.5 Å². The van der Waals surface area contributed by atoms with Gasteiger partial charge in [-0.15, -0.1) is 0 Å². The molecule has 0 aliphatic carbocycles. The Balaban J connectivity index is 1.07. The van der Waals surface area contributed by atoms with Crippen LogP contribution in [0.4, 0.5) is 5.82 Å². The number of fused-ring (bicyclic) bond motifs is 3. The number of phosphoric acid groups is 2. The summed E-state index contributed by atoms with van der Waals surface area (Å²) in [6, 6.07) is 2.10. The predicted molar refractivity (Wildman–Crippen MR) is 168 cm³/mol.